The third-order valence-electron chi connectivity index (χ3n) is 3.56. The summed E-state index contributed by atoms with van der Waals surface area (Å²) in [5.41, 5.74) is 3.15. The van der Waals surface area contributed by atoms with Gasteiger partial charge >= 0.3 is 0 Å². The molecule has 0 fully saturated rings. The summed E-state index contributed by atoms with van der Waals surface area (Å²) in [6.07, 6.45) is 3.16. The van der Waals surface area contributed by atoms with Gasteiger partial charge in [0.15, 0.2) is 5.13 Å². The van der Waals surface area contributed by atoms with Crippen LogP contribution in [0.4, 0.5) is 16.6 Å². The van der Waals surface area contributed by atoms with Gasteiger partial charge in [-0.3, -0.25) is 4.98 Å². The van der Waals surface area contributed by atoms with E-state index in [4.69, 9.17) is 11.6 Å². The molecule has 0 unspecified atom stereocenters. The van der Waals surface area contributed by atoms with Gasteiger partial charge in [-0.1, -0.05) is 47.2 Å². The third kappa shape index (κ3) is 3.87. The Bertz CT molecular complexity index is 1000. The highest BCUT2D eigenvalue weighted by Gasteiger charge is 2.06. The first-order valence-corrected chi connectivity index (χ1v) is 8.89. The van der Waals surface area contributed by atoms with E-state index in [0.717, 1.165) is 26.6 Å². The molecule has 0 saturated heterocycles. The van der Waals surface area contributed by atoms with Crippen molar-refractivity contribution < 1.29 is 0 Å². The van der Waals surface area contributed by atoms with E-state index in [1.54, 1.807) is 17.5 Å². The lowest BCUT2D eigenvalue weighted by Crippen LogP contribution is -2.01. The van der Waals surface area contributed by atoms with Crippen LogP contribution in [0.1, 0.15) is 5.56 Å². The molecule has 7 heteroatoms. The predicted octanol–water partition coefficient (Wildman–Crippen LogP) is 5.10. The zero-order valence-electron chi connectivity index (χ0n) is 13.1. The van der Waals surface area contributed by atoms with Crippen LogP contribution in [-0.2, 0) is 6.54 Å². The molecule has 0 amide bonds. The Labute approximate surface area is 153 Å². The Kier molecular flexibility index (Phi) is 4.45. The van der Waals surface area contributed by atoms with Crippen molar-refractivity contribution in [2.45, 2.75) is 6.54 Å². The standard InChI is InChI=1S/C18H14ClN5S/c19-16-10-20-11-17(24-16)21-9-12-6-7-14-15(8-12)25-18(23-14)22-13-4-2-1-3-5-13/h1-8,10-11H,9H2,(H,21,24)(H,22,23). The molecule has 4 aromatic rings. The molecule has 0 saturated carbocycles. The quantitative estimate of drug-likeness (QED) is 0.514. The highest BCUT2D eigenvalue weighted by molar-refractivity contribution is 7.22. The predicted molar refractivity (Wildman–Crippen MR) is 104 cm³/mol. The topological polar surface area (TPSA) is 62.7 Å². The van der Waals surface area contributed by atoms with Crippen molar-refractivity contribution in [1.82, 2.24) is 15.0 Å². The molecule has 25 heavy (non-hydrogen) atoms. The second kappa shape index (κ2) is 7.04. The second-order valence-corrected chi connectivity index (χ2v) is 6.81. The minimum atomic E-state index is 0.375. The van der Waals surface area contributed by atoms with Gasteiger partial charge in [-0.15, -0.1) is 0 Å². The summed E-state index contributed by atoms with van der Waals surface area (Å²) in [4.78, 5) is 12.8. The van der Waals surface area contributed by atoms with Crippen molar-refractivity contribution in [3.8, 4) is 0 Å². The van der Waals surface area contributed by atoms with E-state index < -0.39 is 0 Å². The molecule has 4 rings (SSSR count). The van der Waals surface area contributed by atoms with Gasteiger partial charge < -0.3 is 10.6 Å². The number of para-hydroxylation sites is 1. The molecule has 0 atom stereocenters. The second-order valence-electron chi connectivity index (χ2n) is 5.39. The van der Waals surface area contributed by atoms with Crippen LogP contribution in [0.15, 0.2) is 60.9 Å². The first-order chi connectivity index (χ1) is 12.3. The zero-order valence-corrected chi connectivity index (χ0v) is 14.7. The highest BCUT2D eigenvalue weighted by atomic mass is 35.5. The number of fused-ring (bicyclic) bond motifs is 1. The van der Waals surface area contributed by atoms with Crippen LogP contribution in [0.5, 0.6) is 0 Å². The number of benzene rings is 2. The SMILES string of the molecule is Clc1cncc(NCc2ccc3nc(Nc4ccccc4)sc3c2)n1. The van der Waals surface area contributed by atoms with Crippen LogP contribution in [-0.4, -0.2) is 15.0 Å². The summed E-state index contributed by atoms with van der Waals surface area (Å²) in [6, 6.07) is 16.3. The van der Waals surface area contributed by atoms with Crippen molar-refractivity contribution in [3.05, 3.63) is 71.6 Å². The van der Waals surface area contributed by atoms with Crippen molar-refractivity contribution in [2.75, 3.05) is 10.6 Å². The van der Waals surface area contributed by atoms with Crippen LogP contribution < -0.4 is 10.6 Å². The summed E-state index contributed by atoms with van der Waals surface area (Å²) in [5, 5.41) is 7.82. The van der Waals surface area contributed by atoms with E-state index in [1.165, 1.54) is 6.20 Å². The van der Waals surface area contributed by atoms with Crippen LogP contribution in [0.25, 0.3) is 10.2 Å². The lowest BCUT2D eigenvalue weighted by Gasteiger charge is -2.05. The van der Waals surface area contributed by atoms with E-state index in [-0.39, 0.29) is 0 Å². The summed E-state index contributed by atoms with van der Waals surface area (Å²) < 4.78 is 1.13. The zero-order chi connectivity index (χ0) is 17.1. The smallest absolute Gasteiger partial charge is 0.188 e. The van der Waals surface area contributed by atoms with Gasteiger partial charge in [-0.2, -0.15) is 0 Å². The molecule has 2 N–H and O–H groups in total. The minimum Gasteiger partial charge on any atom is -0.365 e. The van der Waals surface area contributed by atoms with Gasteiger partial charge in [0.05, 0.1) is 22.6 Å². The third-order valence-corrected chi connectivity index (χ3v) is 4.67. The summed E-state index contributed by atoms with van der Waals surface area (Å²) in [6.45, 7) is 0.643. The normalized spacial score (nSPS) is 10.8. The molecule has 0 radical (unpaired) electrons. The molecule has 0 aliphatic carbocycles. The number of hydrogen-bond acceptors (Lipinski definition) is 6. The Morgan fingerprint density at radius 3 is 2.72 bits per heavy atom. The van der Waals surface area contributed by atoms with Gasteiger partial charge in [-0.25, -0.2) is 9.97 Å². The number of rotatable bonds is 5. The fourth-order valence-corrected chi connectivity index (χ4v) is 3.49. The summed E-state index contributed by atoms with van der Waals surface area (Å²) >= 11 is 7.48. The van der Waals surface area contributed by atoms with E-state index in [9.17, 15) is 0 Å². The van der Waals surface area contributed by atoms with E-state index in [0.29, 0.717) is 17.5 Å². The molecule has 0 aliphatic rings. The average Bonchev–Trinajstić information content (AvgIpc) is 3.02. The Hall–Kier alpha value is -2.70. The molecule has 0 spiro atoms. The molecular weight excluding hydrogens is 354 g/mol. The van der Waals surface area contributed by atoms with Crippen molar-refractivity contribution in [1.29, 1.82) is 0 Å². The average molecular weight is 368 g/mol. The number of hydrogen-bond donors (Lipinski definition) is 2. The molecule has 2 heterocycles. The van der Waals surface area contributed by atoms with Gasteiger partial charge in [0.1, 0.15) is 11.0 Å². The van der Waals surface area contributed by atoms with Gasteiger partial charge in [0.25, 0.3) is 0 Å². The van der Waals surface area contributed by atoms with Gasteiger partial charge in [-0.05, 0) is 29.8 Å². The van der Waals surface area contributed by atoms with E-state index >= 15 is 0 Å². The van der Waals surface area contributed by atoms with E-state index in [1.807, 2.05) is 36.4 Å². The number of nitrogens with one attached hydrogen (secondary N) is 2. The molecular formula is C18H14ClN5S. The summed E-state index contributed by atoms with van der Waals surface area (Å²) in [7, 11) is 0. The molecule has 0 bridgehead atoms. The van der Waals surface area contributed by atoms with Gasteiger partial charge in [0.2, 0.25) is 0 Å². The number of halogens is 1. The Balaban J connectivity index is 1.50. The van der Waals surface area contributed by atoms with Crippen LogP contribution in [0, 0.1) is 0 Å². The molecule has 2 aromatic carbocycles. The van der Waals surface area contributed by atoms with Crippen LogP contribution in [0.3, 0.4) is 0 Å². The highest BCUT2D eigenvalue weighted by Crippen LogP contribution is 2.29. The monoisotopic (exact) mass is 367 g/mol. The fraction of sp³-hybridized carbons (Fsp3) is 0.0556. The van der Waals surface area contributed by atoms with Crippen LogP contribution in [0.2, 0.25) is 5.15 Å². The van der Waals surface area contributed by atoms with Crippen LogP contribution >= 0.6 is 22.9 Å². The maximum Gasteiger partial charge on any atom is 0.188 e. The Morgan fingerprint density at radius 2 is 1.88 bits per heavy atom. The molecule has 0 aliphatic heterocycles. The number of nitrogens with zero attached hydrogens (tertiary/aromatic N) is 3. The first-order valence-electron chi connectivity index (χ1n) is 7.69. The Morgan fingerprint density at radius 1 is 1.00 bits per heavy atom. The minimum absolute atomic E-state index is 0.375. The largest absolute Gasteiger partial charge is 0.365 e. The maximum absolute atomic E-state index is 5.85. The molecule has 2 aromatic heterocycles. The number of anilines is 3. The van der Waals surface area contributed by atoms with Gasteiger partial charge in [0, 0.05) is 12.2 Å². The number of aromatic nitrogens is 3. The van der Waals surface area contributed by atoms with Crippen molar-refractivity contribution in [3.63, 3.8) is 0 Å². The fourth-order valence-electron chi connectivity index (χ4n) is 2.40. The maximum atomic E-state index is 5.85. The lowest BCUT2D eigenvalue weighted by atomic mass is 10.2. The number of thiazole rings is 1. The van der Waals surface area contributed by atoms with Crippen molar-refractivity contribution >= 4 is 49.8 Å². The van der Waals surface area contributed by atoms with E-state index in [2.05, 4.69) is 37.7 Å². The van der Waals surface area contributed by atoms with Crippen molar-refractivity contribution in [2.24, 2.45) is 0 Å². The first kappa shape index (κ1) is 15.8. The molecule has 124 valence electrons. The summed E-state index contributed by atoms with van der Waals surface area (Å²) in [5.74, 6) is 0.656. The molecule has 5 nitrogen and oxygen atoms in total. The lowest BCUT2D eigenvalue weighted by molar-refractivity contribution is 1.09.